The fourth-order valence-corrected chi connectivity index (χ4v) is 4.22. The third-order valence-corrected chi connectivity index (χ3v) is 5.31. The average molecular weight is 282 g/mol. The van der Waals surface area contributed by atoms with Crippen LogP contribution < -0.4 is 0 Å². The molecule has 0 amide bonds. The number of hydrogen-bond acceptors (Lipinski definition) is 3. The fraction of sp³-hybridized carbons (Fsp3) is 0.938. The molecule has 1 aliphatic carbocycles. The van der Waals surface area contributed by atoms with E-state index in [2.05, 4.69) is 30.8 Å². The molecule has 4 nitrogen and oxygen atoms in total. The molecule has 3 unspecified atom stereocenters. The minimum absolute atomic E-state index is 0.510. The molecule has 2 aliphatic rings. The summed E-state index contributed by atoms with van der Waals surface area (Å²) in [5.41, 5.74) is -0.510. The highest BCUT2D eigenvalue weighted by Crippen LogP contribution is 2.40. The molecule has 4 heteroatoms. The molecule has 116 valence electrons. The van der Waals surface area contributed by atoms with E-state index in [0.29, 0.717) is 18.5 Å². The first-order valence-electron chi connectivity index (χ1n) is 8.05. The summed E-state index contributed by atoms with van der Waals surface area (Å²) >= 11 is 0. The van der Waals surface area contributed by atoms with Crippen LogP contribution in [0.3, 0.4) is 0 Å². The van der Waals surface area contributed by atoms with Crippen molar-refractivity contribution < 1.29 is 9.90 Å². The van der Waals surface area contributed by atoms with Crippen LogP contribution in [0.1, 0.15) is 45.4 Å². The Kier molecular flexibility index (Phi) is 5.08. The van der Waals surface area contributed by atoms with Gasteiger partial charge >= 0.3 is 5.97 Å². The van der Waals surface area contributed by atoms with Crippen molar-refractivity contribution in [3.63, 3.8) is 0 Å². The van der Waals surface area contributed by atoms with Crippen LogP contribution in [0.4, 0.5) is 0 Å². The summed E-state index contributed by atoms with van der Waals surface area (Å²) in [6.07, 6.45) is 6.45. The van der Waals surface area contributed by atoms with Gasteiger partial charge in [-0.05, 0) is 52.2 Å². The molecule has 0 aromatic heterocycles. The second kappa shape index (κ2) is 6.44. The van der Waals surface area contributed by atoms with Crippen LogP contribution in [0.5, 0.6) is 0 Å². The summed E-state index contributed by atoms with van der Waals surface area (Å²) < 4.78 is 0. The predicted octanol–water partition coefficient (Wildman–Crippen LogP) is 2.29. The van der Waals surface area contributed by atoms with E-state index in [1.807, 2.05) is 0 Å². The molecule has 0 bridgehead atoms. The molecule has 0 aromatic rings. The molecule has 2 rings (SSSR count). The molecule has 0 spiro atoms. The molecule has 2 fully saturated rings. The van der Waals surface area contributed by atoms with Crippen molar-refractivity contribution in [2.45, 2.75) is 51.5 Å². The van der Waals surface area contributed by atoms with Crippen LogP contribution >= 0.6 is 0 Å². The van der Waals surface area contributed by atoms with Crippen LogP contribution in [-0.2, 0) is 4.79 Å². The molecule has 1 aliphatic heterocycles. The predicted molar refractivity (Wildman–Crippen MR) is 80.8 cm³/mol. The lowest BCUT2D eigenvalue weighted by atomic mass is 9.69. The van der Waals surface area contributed by atoms with Gasteiger partial charge in [0.25, 0.3) is 0 Å². The van der Waals surface area contributed by atoms with E-state index in [9.17, 15) is 9.90 Å². The lowest BCUT2D eigenvalue weighted by molar-refractivity contribution is -0.153. The molecule has 0 radical (unpaired) electrons. The number of carboxylic acid groups (broad SMARTS) is 1. The maximum atomic E-state index is 11.8. The third kappa shape index (κ3) is 3.53. The number of carbonyl (C=O) groups is 1. The van der Waals surface area contributed by atoms with Gasteiger partial charge in [0, 0.05) is 19.1 Å². The van der Waals surface area contributed by atoms with E-state index in [4.69, 9.17) is 0 Å². The van der Waals surface area contributed by atoms with Gasteiger partial charge in [-0.1, -0.05) is 19.8 Å². The van der Waals surface area contributed by atoms with Crippen molar-refractivity contribution in [1.29, 1.82) is 0 Å². The lowest BCUT2D eigenvalue weighted by Crippen LogP contribution is -2.47. The standard InChI is InChI=1S/C16H30N2O2/c1-13-6-4-8-16(10-13,15(19)20)12-17(2)11-14-7-5-9-18(14)3/h13-14H,4-12H2,1-3H3,(H,19,20). The SMILES string of the molecule is CC1CCCC(CN(C)CC2CCCN2C)(C(=O)O)C1. The first-order chi connectivity index (χ1) is 9.43. The summed E-state index contributed by atoms with van der Waals surface area (Å²) in [4.78, 5) is 16.5. The van der Waals surface area contributed by atoms with Gasteiger partial charge in [0.05, 0.1) is 5.41 Å². The summed E-state index contributed by atoms with van der Waals surface area (Å²) in [5.74, 6) is -0.0434. The normalized spacial score (nSPS) is 35.6. The highest BCUT2D eigenvalue weighted by Gasteiger charge is 2.42. The maximum absolute atomic E-state index is 11.8. The van der Waals surface area contributed by atoms with E-state index in [-0.39, 0.29) is 0 Å². The zero-order chi connectivity index (χ0) is 14.8. The van der Waals surface area contributed by atoms with Gasteiger partial charge in [-0.25, -0.2) is 0 Å². The Morgan fingerprint density at radius 3 is 2.70 bits per heavy atom. The Labute approximate surface area is 123 Å². The average Bonchev–Trinajstić information content (AvgIpc) is 2.74. The Balaban J connectivity index is 1.95. The largest absolute Gasteiger partial charge is 0.481 e. The summed E-state index contributed by atoms with van der Waals surface area (Å²) in [6, 6.07) is 0.604. The molecule has 0 aromatic carbocycles. The molecular formula is C16H30N2O2. The quantitative estimate of drug-likeness (QED) is 0.840. The number of likely N-dealkylation sites (tertiary alicyclic amines) is 1. The lowest BCUT2D eigenvalue weighted by Gasteiger charge is -2.40. The van der Waals surface area contributed by atoms with Crippen molar-refractivity contribution in [3.05, 3.63) is 0 Å². The molecule has 1 saturated heterocycles. The number of hydrogen-bond donors (Lipinski definition) is 1. The van der Waals surface area contributed by atoms with Crippen molar-refractivity contribution in [2.24, 2.45) is 11.3 Å². The van der Waals surface area contributed by atoms with Gasteiger partial charge in [-0.15, -0.1) is 0 Å². The third-order valence-electron chi connectivity index (χ3n) is 5.31. The minimum atomic E-state index is -0.587. The number of aliphatic carboxylic acids is 1. The smallest absolute Gasteiger partial charge is 0.310 e. The first kappa shape index (κ1) is 15.8. The van der Waals surface area contributed by atoms with Crippen LogP contribution in [-0.4, -0.2) is 60.6 Å². The number of rotatable bonds is 5. The van der Waals surface area contributed by atoms with Crippen molar-refractivity contribution in [1.82, 2.24) is 9.80 Å². The van der Waals surface area contributed by atoms with E-state index in [1.165, 1.54) is 25.8 Å². The van der Waals surface area contributed by atoms with Gasteiger partial charge in [-0.2, -0.15) is 0 Å². The van der Waals surface area contributed by atoms with Gasteiger partial charge in [0.1, 0.15) is 0 Å². The molecule has 3 atom stereocenters. The van der Waals surface area contributed by atoms with E-state index < -0.39 is 11.4 Å². The van der Waals surface area contributed by atoms with Gasteiger partial charge in [0.15, 0.2) is 0 Å². The zero-order valence-corrected chi connectivity index (χ0v) is 13.3. The van der Waals surface area contributed by atoms with Gasteiger partial charge in [0.2, 0.25) is 0 Å². The topological polar surface area (TPSA) is 43.8 Å². The second-order valence-corrected chi connectivity index (χ2v) is 7.26. The van der Waals surface area contributed by atoms with Crippen LogP contribution in [0.2, 0.25) is 0 Å². The minimum Gasteiger partial charge on any atom is -0.481 e. The Bertz CT molecular complexity index is 347. The number of carboxylic acids is 1. The number of nitrogens with zero attached hydrogens (tertiary/aromatic N) is 2. The van der Waals surface area contributed by atoms with E-state index in [0.717, 1.165) is 25.8 Å². The van der Waals surface area contributed by atoms with Crippen LogP contribution in [0, 0.1) is 11.3 Å². The van der Waals surface area contributed by atoms with Crippen LogP contribution in [0.15, 0.2) is 0 Å². The van der Waals surface area contributed by atoms with E-state index in [1.54, 1.807) is 0 Å². The zero-order valence-electron chi connectivity index (χ0n) is 13.3. The van der Waals surface area contributed by atoms with Gasteiger partial charge in [-0.3, -0.25) is 4.79 Å². The highest BCUT2D eigenvalue weighted by atomic mass is 16.4. The van der Waals surface area contributed by atoms with Crippen molar-refractivity contribution in [2.75, 3.05) is 33.7 Å². The summed E-state index contributed by atoms with van der Waals surface area (Å²) in [5, 5.41) is 9.73. The van der Waals surface area contributed by atoms with Gasteiger partial charge < -0.3 is 14.9 Å². The monoisotopic (exact) mass is 282 g/mol. The van der Waals surface area contributed by atoms with Crippen LogP contribution in [0.25, 0.3) is 0 Å². The maximum Gasteiger partial charge on any atom is 0.310 e. The van der Waals surface area contributed by atoms with Crippen molar-refractivity contribution >= 4 is 5.97 Å². The van der Waals surface area contributed by atoms with Crippen molar-refractivity contribution in [3.8, 4) is 0 Å². The second-order valence-electron chi connectivity index (χ2n) is 7.26. The Morgan fingerprint density at radius 2 is 2.15 bits per heavy atom. The summed E-state index contributed by atoms with van der Waals surface area (Å²) in [7, 11) is 4.28. The molecule has 1 saturated carbocycles. The molecule has 20 heavy (non-hydrogen) atoms. The fourth-order valence-electron chi connectivity index (χ4n) is 4.22. The first-order valence-corrected chi connectivity index (χ1v) is 8.05. The molecule has 1 N–H and O–H groups in total. The Morgan fingerprint density at radius 1 is 1.40 bits per heavy atom. The molecule has 1 heterocycles. The Hall–Kier alpha value is -0.610. The summed E-state index contributed by atoms with van der Waals surface area (Å²) in [6.45, 7) is 5.08. The highest BCUT2D eigenvalue weighted by molar-refractivity contribution is 5.75. The molecular weight excluding hydrogens is 252 g/mol. The number of likely N-dealkylation sites (N-methyl/N-ethyl adjacent to an activating group) is 2. The van der Waals surface area contributed by atoms with E-state index >= 15 is 0 Å².